The summed E-state index contributed by atoms with van der Waals surface area (Å²) < 4.78 is 25.5. The molecule has 0 N–H and O–H groups in total. The Morgan fingerprint density at radius 1 is 1.27 bits per heavy atom. The molecule has 1 aromatic rings. The van der Waals surface area contributed by atoms with Crippen molar-refractivity contribution in [3.05, 3.63) is 18.7 Å². The van der Waals surface area contributed by atoms with Crippen molar-refractivity contribution in [1.82, 2.24) is 3.97 Å². The molecule has 86 valence electrons. The van der Waals surface area contributed by atoms with Gasteiger partial charge in [-0.2, -0.15) is 8.42 Å². The quantitative estimate of drug-likeness (QED) is 0.545. The summed E-state index contributed by atoms with van der Waals surface area (Å²) in [6.45, 7) is 3.07. The first-order valence-corrected chi connectivity index (χ1v) is 7.16. The summed E-state index contributed by atoms with van der Waals surface area (Å²) in [5.41, 5.74) is 0. The molecule has 4 nitrogen and oxygen atoms in total. The van der Waals surface area contributed by atoms with Crippen LogP contribution in [0.1, 0.15) is 32.6 Å². The van der Waals surface area contributed by atoms with Gasteiger partial charge in [0.2, 0.25) is 0 Å². The molecule has 0 saturated heterocycles. The van der Waals surface area contributed by atoms with E-state index in [2.05, 4.69) is 6.92 Å². The van der Waals surface area contributed by atoms with Gasteiger partial charge in [-0.25, -0.2) is 4.57 Å². The van der Waals surface area contributed by atoms with Gasteiger partial charge >= 0.3 is 10.0 Å². The van der Waals surface area contributed by atoms with E-state index in [1.54, 1.807) is 18.7 Å². The molecule has 0 aromatic carbocycles. The molecule has 0 amide bonds. The molecule has 0 spiro atoms. The summed E-state index contributed by atoms with van der Waals surface area (Å²) in [5.74, 6) is 0. The van der Waals surface area contributed by atoms with Crippen LogP contribution >= 0.6 is 0 Å². The van der Waals surface area contributed by atoms with E-state index >= 15 is 0 Å². The molecule has 0 aliphatic carbocycles. The fourth-order valence-electron chi connectivity index (χ4n) is 1.42. The van der Waals surface area contributed by atoms with E-state index in [4.69, 9.17) is 0 Å². The molecule has 5 heteroatoms. The largest absolute Gasteiger partial charge is 0.301 e. The number of hydrogen-bond donors (Lipinski definition) is 0. The second-order valence-corrected chi connectivity index (χ2v) is 5.69. The lowest BCUT2D eigenvalue weighted by Gasteiger charge is -1.95. The minimum atomic E-state index is -3.12. The minimum absolute atomic E-state index is 0.891. The van der Waals surface area contributed by atoms with Crippen molar-refractivity contribution in [2.75, 3.05) is 6.26 Å². The molecule has 1 heterocycles. The normalized spacial score (nSPS) is 11.9. The molecule has 0 unspecified atom stereocenters. The Labute approximate surface area is 91.6 Å². The van der Waals surface area contributed by atoms with E-state index in [1.165, 1.54) is 29.5 Å². The number of rotatable bonds is 6. The van der Waals surface area contributed by atoms with Crippen LogP contribution in [0.15, 0.2) is 18.7 Å². The molecule has 0 fully saturated rings. The lowest BCUT2D eigenvalue weighted by Crippen LogP contribution is -2.31. The zero-order chi connectivity index (χ0) is 11.3. The summed E-state index contributed by atoms with van der Waals surface area (Å²) in [5, 5.41) is 0. The molecule has 0 saturated carbocycles. The van der Waals surface area contributed by atoms with Crippen molar-refractivity contribution in [3.63, 3.8) is 0 Å². The highest BCUT2D eigenvalue weighted by Crippen LogP contribution is 1.98. The van der Waals surface area contributed by atoms with Gasteiger partial charge in [-0.1, -0.05) is 19.8 Å². The highest BCUT2D eigenvalue weighted by Gasteiger charge is 2.12. The third kappa shape index (κ3) is 4.03. The minimum Gasteiger partial charge on any atom is -0.236 e. The number of aryl methyl sites for hydroxylation is 1. The van der Waals surface area contributed by atoms with Gasteiger partial charge in [0.15, 0.2) is 0 Å². The zero-order valence-electron chi connectivity index (χ0n) is 9.39. The Kier molecular flexibility index (Phi) is 4.32. The lowest BCUT2D eigenvalue weighted by molar-refractivity contribution is -0.696. The number of aromatic nitrogens is 2. The predicted octanol–water partition coefficient (Wildman–Crippen LogP) is 1.16. The highest BCUT2D eigenvalue weighted by molar-refractivity contribution is 7.89. The van der Waals surface area contributed by atoms with E-state index in [0.29, 0.717) is 0 Å². The molecule has 0 atom stereocenters. The second-order valence-electron chi connectivity index (χ2n) is 3.81. The first-order chi connectivity index (χ1) is 7.04. The summed E-state index contributed by atoms with van der Waals surface area (Å²) in [4.78, 5) is 0. The Hall–Kier alpha value is -0.840. The van der Waals surface area contributed by atoms with Crippen LogP contribution in [0, 0.1) is 0 Å². The van der Waals surface area contributed by atoms with Crippen LogP contribution in [0.4, 0.5) is 0 Å². The van der Waals surface area contributed by atoms with Gasteiger partial charge in [0.05, 0.1) is 12.8 Å². The van der Waals surface area contributed by atoms with Gasteiger partial charge in [-0.3, -0.25) is 0 Å². The third-order valence-corrected chi connectivity index (χ3v) is 3.30. The summed E-state index contributed by atoms with van der Waals surface area (Å²) in [6, 6.07) is 0. The van der Waals surface area contributed by atoms with Gasteiger partial charge in [-0.15, -0.1) is 3.97 Å². The highest BCUT2D eigenvalue weighted by atomic mass is 32.2. The smallest absolute Gasteiger partial charge is 0.236 e. The Bertz CT molecular complexity index is 395. The van der Waals surface area contributed by atoms with E-state index in [9.17, 15) is 8.42 Å². The van der Waals surface area contributed by atoms with Crippen molar-refractivity contribution in [2.45, 2.75) is 39.2 Å². The fraction of sp³-hybridized carbons (Fsp3) is 0.700. The molecule has 0 bridgehead atoms. The Morgan fingerprint density at radius 2 is 2.00 bits per heavy atom. The van der Waals surface area contributed by atoms with Gasteiger partial charge in [0.1, 0.15) is 12.4 Å². The Balaban J connectivity index is 2.47. The number of nitrogens with zero attached hydrogens (tertiary/aromatic N) is 2. The van der Waals surface area contributed by atoms with Crippen molar-refractivity contribution >= 4 is 10.0 Å². The van der Waals surface area contributed by atoms with Crippen LogP contribution in [-0.2, 0) is 16.6 Å². The molecule has 15 heavy (non-hydrogen) atoms. The van der Waals surface area contributed by atoms with Gasteiger partial charge in [-0.05, 0) is 12.8 Å². The molecule has 1 rings (SSSR count). The van der Waals surface area contributed by atoms with E-state index < -0.39 is 10.0 Å². The third-order valence-electron chi connectivity index (χ3n) is 2.32. The number of imidazole rings is 1. The van der Waals surface area contributed by atoms with Crippen molar-refractivity contribution < 1.29 is 13.0 Å². The standard InChI is InChI=1S/C10H19N2O2S/c1-3-4-5-6-7-11-8-9-12(10-11)15(2,13)14/h8-10H,3-7H2,1-2H3/q+1. The van der Waals surface area contributed by atoms with Crippen LogP contribution in [0.25, 0.3) is 0 Å². The SMILES string of the molecule is CCCCCC[n+]1ccn(S(C)(=O)=O)c1. The Morgan fingerprint density at radius 3 is 2.53 bits per heavy atom. The first-order valence-electron chi connectivity index (χ1n) is 5.31. The first kappa shape index (κ1) is 12.2. The zero-order valence-corrected chi connectivity index (χ0v) is 10.2. The number of unbranched alkanes of at least 4 members (excludes halogenated alkanes) is 3. The molecular formula is C10H19N2O2S+. The van der Waals surface area contributed by atoms with Crippen LogP contribution in [-0.4, -0.2) is 18.6 Å². The van der Waals surface area contributed by atoms with Crippen LogP contribution in [0.5, 0.6) is 0 Å². The van der Waals surface area contributed by atoms with Crippen molar-refractivity contribution in [2.24, 2.45) is 0 Å². The maximum absolute atomic E-state index is 11.2. The van der Waals surface area contributed by atoms with Crippen molar-refractivity contribution in [1.29, 1.82) is 0 Å². The van der Waals surface area contributed by atoms with Crippen molar-refractivity contribution in [3.8, 4) is 0 Å². The predicted molar refractivity (Wildman–Crippen MR) is 59.0 cm³/mol. The summed E-state index contributed by atoms with van der Waals surface area (Å²) >= 11 is 0. The van der Waals surface area contributed by atoms with E-state index in [1.807, 2.05) is 4.57 Å². The second kappa shape index (κ2) is 5.30. The average Bonchev–Trinajstić information content (AvgIpc) is 2.60. The van der Waals surface area contributed by atoms with Crippen LogP contribution in [0.2, 0.25) is 0 Å². The van der Waals surface area contributed by atoms with Gasteiger partial charge in [0.25, 0.3) is 6.33 Å². The van der Waals surface area contributed by atoms with Gasteiger partial charge < -0.3 is 0 Å². The van der Waals surface area contributed by atoms with Crippen LogP contribution < -0.4 is 4.57 Å². The molecule has 0 radical (unpaired) electrons. The molecule has 0 aliphatic heterocycles. The topological polar surface area (TPSA) is 43.0 Å². The molecular weight excluding hydrogens is 212 g/mol. The van der Waals surface area contributed by atoms with E-state index in [-0.39, 0.29) is 0 Å². The lowest BCUT2D eigenvalue weighted by atomic mass is 10.2. The maximum atomic E-state index is 11.2. The fourth-order valence-corrected chi connectivity index (χ4v) is 1.99. The summed E-state index contributed by atoms with van der Waals surface area (Å²) in [6.07, 6.45) is 11.0. The average molecular weight is 231 g/mol. The van der Waals surface area contributed by atoms with Gasteiger partial charge in [0, 0.05) is 0 Å². The monoisotopic (exact) mass is 231 g/mol. The number of hydrogen-bond acceptors (Lipinski definition) is 2. The maximum Gasteiger partial charge on any atom is 0.301 e. The molecule has 1 aromatic heterocycles. The summed E-state index contributed by atoms with van der Waals surface area (Å²) in [7, 11) is -3.12. The van der Waals surface area contributed by atoms with Crippen LogP contribution in [0.3, 0.4) is 0 Å². The molecule has 0 aliphatic rings. The van der Waals surface area contributed by atoms with E-state index in [0.717, 1.165) is 13.0 Å².